The summed E-state index contributed by atoms with van der Waals surface area (Å²) in [7, 11) is 3.95. The Morgan fingerprint density at radius 2 is 1.07 bits per heavy atom. The Bertz CT molecular complexity index is 967. The number of hydrogen-bond acceptors (Lipinski definition) is 5. The van der Waals surface area contributed by atoms with Crippen LogP contribution in [0.15, 0.2) is 89.1 Å². The summed E-state index contributed by atoms with van der Waals surface area (Å²) in [6, 6.07) is 22.2. The van der Waals surface area contributed by atoms with Crippen molar-refractivity contribution in [1.29, 1.82) is 0 Å². The van der Waals surface area contributed by atoms with Crippen molar-refractivity contribution in [2.45, 2.75) is 0 Å². The average Bonchev–Trinajstić information content (AvgIpc) is 2.74. The zero-order valence-corrected chi connectivity index (χ0v) is 16.1. The summed E-state index contributed by atoms with van der Waals surface area (Å²) >= 11 is 0. The molecule has 7 nitrogen and oxygen atoms in total. The van der Waals surface area contributed by atoms with Gasteiger partial charge < -0.3 is 15.1 Å². The molecule has 0 saturated heterocycles. The standard InChI is InChI=1S/C15H15N3O2.C7H6O2/c1-18(2)14-9-7-13(8-10-14)17-16-12-5-3-11(4-6-12)15(19)20;8-7(9)6-4-2-1-3-5-6/h3-10H,1-2H3,(H,19,20);1-5H,(H,8,9). The number of aromatic carboxylic acids is 2. The van der Waals surface area contributed by atoms with Gasteiger partial charge >= 0.3 is 11.9 Å². The van der Waals surface area contributed by atoms with Crippen molar-refractivity contribution in [3.05, 3.63) is 90.0 Å². The van der Waals surface area contributed by atoms with Gasteiger partial charge in [0.1, 0.15) is 0 Å². The number of azo groups is 1. The molecule has 0 unspecified atom stereocenters. The van der Waals surface area contributed by atoms with E-state index in [-0.39, 0.29) is 5.56 Å². The van der Waals surface area contributed by atoms with Crippen LogP contribution in [-0.2, 0) is 0 Å². The van der Waals surface area contributed by atoms with Crippen LogP contribution in [0.5, 0.6) is 0 Å². The molecule has 0 amide bonds. The van der Waals surface area contributed by atoms with Crippen molar-refractivity contribution in [2.75, 3.05) is 19.0 Å². The number of hydrogen-bond donors (Lipinski definition) is 2. The quantitative estimate of drug-likeness (QED) is 0.578. The van der Waals surface area contributed by atoms with Gasteiger partial charge in [0.25, 0.3) is 0 Å². The molecule has 29 heavy (non-hydrogen) atoms. The third-order valence-corrected chi connectivity index (χ3v) is 3.78. The largest absolute Gasteiger partial charge is 0.478 e. The smallest absolute Gasteiger partial charge is 0.335 e. The third kappa shape index (κ3) is 6.91. The Kier molecular flexibility index (Phi) is 7.61. The van der Waals surface area contributed by atoms with Gasteiger partial charge in [0, 0.05) is 19.8 Å². The molecule has 148 valence electrons. The van der Waals surface area contributed by atoms with Gasteiger partial charge in [0.05, 0.1) is 22.5 Å². The Balaban J connectivity index is 0.000000278. The topological polar surface area (TPSA) is 103 Å². The molecule has 3 aromatic rings. The number of anilines is 1. The first-order valence-electron chi connectivity index (χ1n) is 8.67. The molecule has 0 bridgehead atoms. The molecule has 0 aliphatic rings. The van der Waals surface area contributed by atoms with E-state index in [0.717, 1.165) is 11.4 Å². The fourth-order valence-corrected chi connectivity index (χ4v) is 2.18. The molecule has 7 heteroatoms. The van der Waals surface area contributed by atoms with E-state index in [1.807, 2.05) is 43.3 Å². The van der Waals surface area contributed by atoms with Crippen molar-refractivity contribution in [2.24, 2.45) is 10.2 Å². The summed E-state index contributed by atoms with van der Waals surface area (Å²) < 4.78 is 0. The van der Waals surface area contributed by atoms with E-state index >= 15 is 0 Å². The fourth-order valence-electron chi connectivity index (χ4n) is 2.18. The summed E-state index contributed by atoms with van der Waals surface area (Å²) in [5.41, 5.74) is 3.02. The highest BCUT2D eigenvalue weighted by atomic mass is 16.4. The molecule has 3 rings (SSSR count). The Hall–Kier alpha value is -4.00. The second-order valence-corrected chi connectivity index (χ2v) is 6.13. The molecule has 0 heterocycles. The minimum absolute atomic E-state index is 0.235. The summed E-state index contributed by atoms with van der Waals surface area (Å²) in [6.07, 6.45) is 0. The van der Waals surface area contributed by atoms with E-state index < -0.39 is 11.9 Å². The third-order valence-electron chi connectivity index (χ3n) is 3.78. The molecule has 0 fully saturated rings. The van der Waals surface area contributed by atoms with Crippen LogP contribution in [0.1, 0.15) is 20.7 Å². The summed E-state index contributed by atoms with van der Waals surface area (Å²) in [5, 5.41) is 25.4. The fraction of sp³-hybridized carbons (Fsp3) is 0.0909. The SMILES string of the molecule is CN(C)c1ccc(N=Nc2ccc(C(=O)O)cc2)cc1.O=C(O)c1ccccc1. The molecular weight excluding hydrogens is 370 g/mol. The molecule has 0 aliphatic carbocycles. The van der Waals surface area contributed by atoms with Crippen molar-refractivity contribution in [1.82, 2.24) is 0 Å². The highest BCUT2D eigenvalue weighted by molar-refractivity contribution is 5.88. The minimum Gasteiger partial charge on any atom is -0.478 e. The first-order valence-corrected chi connectivity index (χ1v) is 8.67. The number of carboxylic acids is 2. The summed E-state index contributed by atoms with van der Waals surface area (Å²) in [5.74, 6) is -1.83. The first kappa shape index (κ1) is 21.3. The molecule has 0 saturated carbocycles. The lowest BCUT2D eigenvalue weighted by Crippen LogP contribution is -2.07. The second-order valence-electron chi connectivity index (χ2n) is 6.13. The van der Waals surface area contributed by atoms with E-state index in [1.165, 1.54) is 12.1 Å². The lowest BCUT2D eigenvalue weighted by molar-refractivity contribution is 0.0686. The Labute approximate surface area is 168 Å². The molecular formula is C22H21N3O4. The van der Waals surface area contributed by atoms with E-state index in [4.69, 9.17) is 10.2 Å². The van der Waals surface area contributed by atoms with Gasteiger partial charge in [-0.15, -0.1) is 0 Å². The van der Waals surface area contributed by atoms with Crippen LogP contribution in [0.3, 0.4) is 0 Å². The highest BCUT2D eigenvalue weighted by Crippen LogP contribution is 2.21. The van der Waals surface area contributed by atoms with Crippen molar-refractivity contribution < 1.29 is 19.8 Å². The minimum atomic E-state index is -0.951. The van der Waals surface area contributed by atoms with Gasteiger partial charge in [0.2, 0.25) is 0 Å². The van der Waals surface area contributed by atoms with E-state index in [0.29, 0.717) is 11.3 Å². The second kappa shape index (κ2) is 10.4. The van der Waals surface area contributed by atoms with Gasteiger partial charge in [-0.25, -0.2) is 9.59 Å². The van der Waals surface area contributed by atoms with Gasteiger partial charge in [-0.2, -0.15) is 10.2 Å². The number of rotatable bonds is 5. The Morgan fingerprint density at radius 1 is 0.655 bits per heavy atom. The monoisotopic (exact) mass is 391 g/mol. The van der Waals surface area contributed by atoms with E-state index in [2.05, 4.69) is 10.2 Å². The molecule has 0 radical (unpaired) electrons. The molecule has 0 atom stereocenters. The number of benzene rings is 3. The molecule has 0 spiro atoms. The maximum atomic E-state index is 10.7. The maximum Gasteiger partial charge on any atom is 0.335 e. The van der Waals surface area contributed by atoms with Crippen molar-refractivity contribution in [3.63, 3.8) is 0 Å². The highest BCUT2D eigenvalue weighted by Gasteiger charge is 2.01. The van der Waals surface area contributed by atoms with Crippen LogP contribution >= 0.6 is 0 Å². The van der Waals surface area contributed by atoms with Crippen LogP contribution in [0.2, 0.25) is 0 Å². The van der Waals surface area contributed by atoms with Crippen molar-refractivity contribution >= 4 is 29.0 Å². The molecule has 0 aliphatic heterocycles. The van der Waals surface area contributed by atoms with Crippen LogP contribution in [0, 0.1) is 0 Å². The zero-order valence-electron chi connectivity index (χ0n) is 16.1. The predicted octanol–water partition coefficient (Wildman–Crippen LogP) is 5.25. The van der Waals surface area contributed by atoms with Crippen LogP contribution < -0.4 is 4.90 Å². The predicted molar refractivity (Wildman–Crippen MR) is 112 cm³/mol. The van der Waals surface area contributed by atoms with E-state index in [1.54, 1.807) is 42.5 Å². The van der Waals surface area contributed by atoms with Crippen LogP contribution in [0.4, 0.5) is 17.1 Å². The van der Waals surface area contributed by atoms with Crippen LogP contribution in [0.25, 0.3) is 0 Å². The molecule has 3 aromatic carbocycles. The van der Waals surface area contributed by atoms with E-state index in [9.17, 15) is 9.59 Å². The number of carboxylic acid groups (broad SMARTS) is 2. The summed E-state index contributed by atoms with van der Waals surface area (Å²) in [6.45, 7) is 0. The van der Waals surface area contributed by atoms with Gasteiger partial charge in [0.15, 0.2) is 0 Å². The zero-order chi connectivity index (χ0) is 21.2. The van der Waals surface area contributed by atoms with Gasteiger partial charge in [-0.1, -0.05) is 18.2 Å². The lowest BCUT2D eigenvalue weighted by Gasteiger charge is -2.11. The van der Waals surface area contributed by atoms with Gasteiger partial charge in [-0.3, -0.25) is 0 Å². The first-order chi connectivity index (χ1) is 13.9. The lowest BCUT2D eigenvalue weighted by atomic mass is 10.2. The van der Waals surface area contributed by atoms with Crippen molar-refractivity contribution in [3.8, 4) is 0 Å². The van der Waals surface area contributed by atoms with Crippen LogP contribution in [-0.4, -0.2) is 36.2 Å². The number of nitrogens with zero attached hydrogens (tertiary/aromatic N) is 3. The van der Waals surface area contributed by atoms with Gasteiger partial charge in [-0.05, 0) is 60.7 Å². The maximum absolute atomic E-state index is 10.7. The normalized spacial score (nSPS) is 10.1. The average molecular weight is 391 g/mol. The Morgan fingerprint density at radius 3 is 1.45 bits per heavy atom. The molecule has 2 N–H and O–H groups in total. The molecule has 0 aromatic heterocycles. The number of carbonyl (C=O) groups is 2. The summed E-state index contributed by atoms with van der Waals surface area (Å²) in [4.78, 5) is 22.9.